The maximum Gasteiger partial charge on any atom is 0.209 e. The number of hydrogen-bond acceptors (Lipinski definition) is 3. The van der Waals surface area contributed by atoms with Gasteiger partial charge in [-0.05, 0) is 52.4 Å². The molecule has 2 aromatic carbocycles. The van der Waals surface area contributed by atoms with Crippen LogP contribution in [-0.4, -0.2) is 15.2 Å². The van der Waals surface area contributed by atoms with Crippen molar-refractivity contribution in [1.82, 2.24) is 15.2 Å². The summed E-state index contributed by atoms with van der Waals surface area (Å²) in [6.07, 6.45) is 0. The van der Waals surface area contributed by atoms with Crippen molar-refractivity contribution in [2.75, 3.05) is 0 Å². The van der Waals surface area contributed by atoms with E-state index < -0.39 is 0 Å². The molecule has 106 valence electrons. The molecule has 3 nitrogen and oxygen atoms in total. The quantitative estimate of drug-likeness (QED) is 0.469. The zero-order chi connectivity index (χ0) is 14.7. The Labute approximate surface area is 145 Å². The van der Waals surface area contributed by atoms with Crippen LogP contribution in [0, 0.1) is 3.57 Å². The summed E-state index contributed by atoms with van der Waals surface area (Å²) in [5, 5.41) is 8.57. The highest BCUT2D eigenvalue weighted by Crippen LogP contribution is 2.27. The Kier molecular flexibility index (Phi) is 4.82. The summed E-state index contributed by atoms with van der Waals surface area (Å²) >= 11 is 10.1. The minimum absolute atomic E-state index is 0.669. The Morgan fingerprint density at radius 2 is 1.86 bits per heavy atom. The normalized spacial score (nSPS) is 10.8. The van der Waals surface area contributed by atoms with E-state index in [9.17, 15) is 0 Å². The second-order valence-electron chi connectivity index (χ2n) is 4.36. The van der Waals surface area contributed by atoms with E-state index in [-0.39, 0.29) is 0 Å². The third-order valence-electron chi connectivity index (χ3n) is 2.88. The Morgan fingerprint density at radius 1 is 1.10 bits per heavy atom. The summed E-state index contributed by atoms with van der Waals surface area (Å²) in [5.41, 5.74) is 2.12. The number of rotatable bonds is 4. The average molecular weight is 428 g/mol. The molecule has 0 bridgehead atoms. The number of nitrogens with zero attached hydrogens (tertiary/aromatic N) is 2. The Bertz CT molecular complexity index is 743. The van der Waals surface area contributed by atoms with Crippen LogP contribution >= 0.6 is 46.0 Å². The number of aromatic amines is 1. The minimum Gasteiger partial charge on any atom is -0.258 e. The smallest absolute Gasteiger partial charge is 0.209 e. The minimum atomic E-state index is 0.669. The molecule has 0 saturated heterocycles. The number of H-pyrrole nitrogens is 1. The number of halogens is 2. The lowest BCUT2D eigenvalue weighted by atomic mass is 10.2. The van der Waals surface area contributed by atoms with E-state index in [4.69, 9.17) is 11.6 Å². The molecule has 0 aliphatic carbocycles. The zero-order valence-electron chi connectivity index (χ0n) is 10.9. The zero-order valence-corrected chi connectivity index (χ0v) is 14.6. The van der Waals surface area contributed by atoms with Crippen LogP contribution in [0.25, 0.3) is 11.4 Å². The molecule has 0 amide bonds. The Hall–Kier alpha value is -1.05. The monoisotopic (exact) mass is 427 g/mol. The van der Waals surface area contributed by atoms with E-state index >= 15 is 0 Å². The van der Waals surface area contributed by atoms with Crippen LogP contribution < -0.4 is 0 Å². The molecule has 6 heteroatoms. The van der Waals surface area contributed by atoms with Crippen molar-refractivity contribution in [1.29, 1.82) is 0 Å². The van der Waals surface area contributed by atoms with Crippen LogP contribution in [-0.2, 0) is 5.75 Å². The van der Waals surface area contributed by atoms with Gasteiger partial charge in [-0.3, -0.25) is 5.10 Å². The fourth-order valence-corrected chi connectivity index (χ4v) is 3.15. The highest BCUT2D eigenvalue weighted by atomic mass is 127. The van der Waals surface area contributed by atoms with E-state index in [1.807, 2.05) is 24.3 Å². The van der Waals surface area contributed by atoms with Gasteiger partial charge in [0, 0.05) is 14.9 Å². The molecule has 0 radical (unpaired) electrons. The SMILES string of the molecule is Clc1ccccc1-c1nc(SCc2ccc(I)cc2)n[nH]1. The van der Waals surface area contributed by atoms with Gasteiger partial charge < -0.3 is 0 Å². The third-order valence-corrected chi connectivity index (χ3v) is 4.84. The van der Waals surface area contributed by atoms with Gasteiger partial charge >= 0.3 is 0 Å². The predicted molar refractivity (Wildman–Crippen MR) is 95.5 cm³/mol. The van der Waals surface area contributed by atoms with Crippen molar-refractivity contribution in [2.45, 2.75) is 10.9 Å². The highest BCUT2D eigenvalue weighted by Gasteiger charge is 2.09. The second-order valence-corrected chi connectivity index (χ2v) is 6.96. The van der Waals surface area contributed by atoms with Gasteiger partial charge in [0.05, 0.1) is 5.02 Å². The first-order valence-corrected chi connectivity index (χ1v) is 8.71. The molecule has 21 heavy (non-hydrogen) atoms. The fourth-order valence-electron chi connectivity index (χ4n) is 1.81. The van der Waals surface area contributed by atoms with Gasteiger partial charge in [0.2, 0.25) is 5.16 Å². The summed E-state index contributed by atoms with van der Waals surface area (Å²) in [6, 6.07) is 16.0. The lowest BCUT2D eigenvalue weighted by molar-refractivity contribution is 0.973. The summed E-state index contributed by atoms with van der Waals surface area (Å²) in [4.78, 5) is 4.48. The molecule has 1 N–H and O–H groups in total. The van der Waals surface area contributed by atoms with Crippen LogP contribution in [0.4, 0.5) is 0 Å². The van der Waals surface area contributed by atoms with Crippen molar-refractivity contribution < 1.29 is 0 Å². The molecule has 0 unspecified atom stereocenters. The highest BCUT2D eigenvalue weighted by molar-refractivity contribution is 14.1. The third kappa shape index (κ3) is 3.78. The topological polar surface area (TPSA) is 41.6 Å². The van der Waals surface area contributed by atoms with Gasteiger partial charge in [0.1, 0.15) is 0 Å². The molecule has 1 aromatic heterocycles. The summed E-state index contributed by atoms with van der Waals surface area (Å²) < 4.78 is 1.24. The molecule has 0 spiro atoms. The van der Waals surface area contributed by atoms with Crippen LogP contribution in [0.2, 0.25) is 5.02 Å². The van der Waals surface area contributed by atoms with E-state index in [1.54, 1.807) is 11.8 Å². The van der Waals surface area contributed by atoms with E-state index in [1.165, 1.54) is 9.13 Å². The molecule has 0 saturated carbocycles. The fraction of sp³-hybridized carbons (Fsp3) is 0.0667. The lowest BCUT2D eigenvalue weighted by Gasteiger charge is -1.99. The van der Waals surface area contributed by atoms with Gasteiger partial charge in [-0.15, -0.1) is 5.10 Å². The maximum absolute atomic E-state index is 6.16. The molecule has 1 heterocycles. The standard InChI is InChI=1S/C15H11ClIN3S/c16-13-4-2-1-3-12(13)14-18-15(20-19-14)21-9-10-5-7-11(17)8-6-10/h1-8H,9H2,(H,18,19,20). The molecule has 0 aliphatic heterocycles. The number of aromatic nitrogens is 3. The van der Waals surface area contributed by atoms with Gasteiger partial charge in [0.15, 0.2) is 5.82 Å². The summed E-state index contributed by atoms with van der Waals surface area (Å²) in [5.74, 6) is 1.54. The van der Waals surface area contributed by atoms with Crippen molar-refractivity contribution >= 4 is 46.0 Å². The molecule has 0 aliphatic rings. The molecule has 3 aromatic rings. The largest absolute Gasteiger partial charge is 0.258 e. The van der Waals surface area contributed by atoms with Crippen LogP contribution in [0.3, 0.4) is 0 Å². The number of nitrogens with one attached hydrogen (secondary N) is 1. The molecular formula is C15H11ClIN3S. The van der Waals surface area contributed by atoms with Gasteiger partial charge in [-0.25, -0.2) is 4.98 Å². The van der Waals surface area contributed by atoms with E-state index in [0.29, 0.717) is 10.8 Å². The molecular weight excluding hydrogens is 417 g/mol. The van der Waals surface area contributed by atoms with Crippen LogP contribution in [0.15, 0.2) is 53.7 Å². The van der Waals surface area contributed by atoms with Crippen molar-refractivity contribution in [3.63, 3.8) is 0 Å². The maximum atomic E-state index is 6.16. The van der Waals surface area contributed by atoms with Crippen molar-refractivity contribution in [2.24, 2.45) is 0 Å². The summed E-state index contributed by atoms with van der Waals surface area (Å²) in [6.45, 7) is 0. The van der Waals surface area contributed by atoms with Crippen LogP contribution in [0.5, 0.6) is 0 Å². The molecule has 0 atom stereocenters. The average Bonchev–Trinajstić information content (AvgIpc) is 2.96. The second kappa shape index (κ2) is 6.81. The Morgan fingerprint density at radius 3 is 2.62 bits per heavy atom. The van der Waals surface area contributed by atoms with Crippen LogP contribution in [0.1, 0.15) is 5.56 Å². The number of thioether (sulfide) groups is 1. The van der Waals surface area contributed by atoms with E-state index in [2.05, 4.69) is 62.0 Å². The Balaban J connectivity index is 1.71. The first-order chi connectivity index (χ1) is 10.2. The van der Waals surface area contributed by atoms with E-state index in [0.717, 1.165) is 16.5 Å². The van der Waals surface area contributed by atoms with Gasteiger partial charge in [-0.2, -0.15) is 0 Å². The first-order valence-electron chi connectivity index (χ1n) is 6.27. The first kappa shape index (κ1) is 14.9. The lowest BCUT2D eigenvalue weighted by Crippen LogP contribution is -1.83. The van der Waals surface area contributed by atoms with Crippen molar-refractivity contribution in [3.8, 4) is 11.4 Å². The van der Waals surface area contributed by atoms with Gasteiger partial charge in [-0.1, -0.05) is 47.6 Å². The van der Waals surface area contributed by atoms with Gasteiger partial charge in [0.25, 0.3) is 0 Å². The molecule has 0 fully saturated rings. The predicted octanol–water partition coefficient (Wildman–Crippen LogP) is 5.02. The molecule has 3 rings (SSSR count). The summed E-state index contributed by atoms with van der Waals surface area (Å²) in [7, 11) is 0. The van der Waals surface area contributed by atoms with Crippen molar-refractivity contribution in [3.05, 3.63) is 62.7 Å². The number of hydrogen-bond donors (Lipinski definition) is 1. The number of benzene rings is 2.